The van der Waals surface area contributed by atoms with Gasteiger partial charge in [-0.3, -0.25) is 0 Å². The van der Waals surface area contributed by atoms with Gasteiger partial charge in [-0.2, -0.15) is 10.2 Å². The zero-order valence-electron chi connectivity index (χ0n) is 20.7. The average Bonchev–Trinajstić information content (AvgIpc) is 3.40. The quantitative estimate of drug-likeness (QED) is 0.492. The van der Waals surface area contributed by atoms with E-state index < -0.39 is 0 Å². The van der Waals surface area contributed by atoms with Crippen molar-refractivity contribution in [3.63, 3.8) is 0 Å². The summed E-state index contributed by atoms with van der Waals surface area (Å²) in [5.41, 5.74) is 4.20. The highest BCUT2D eigenvalue weighted by atomic mass is 19.1. The molecule has 0 saturated carbocycles. The summed E-state index contributed by atoms with van der Waals surface area (Å²) in [6.07, 6.45) is 2.19. The molecule has 3 aromatic rings. The van der Waals surface area contributed by atoms with Gasteiger partial charge in [0.2, 0.25) is 11.7 Å². The molecule has 2 amide bonds. The Bertz CT molecular complexity index is 1290. The fraction of sp³-hybridized carbons (Fsp3) is 0.429. The second-order valence-corrected chi connectivity index (χ2v) is 10.0. The van der Waals surface area contributed by atoms with E-state index in [2.05, 4.69) is 48.3 Å². The summed E-state index contributed by atoms with van der Waals surface area (Å²) < 4.78 is 19.4. The number of likely N-dealkylation sites (tertiary alicyclic amines) is 2. The molecule has 0 spiro atoms. The highest BCUT2D eigenvalue weighted by Crippen LogP contribution is 2.37. The molecule has 2 aliphatic rings. The van der Waals surface area contributed by atoms with E-state index in [1.165, 1.54) is 28.8 Å². The van der Waals surface area contributed by atoms with Gasteiger partial charge < -0.3 is 14.3 Å². The Morgan fingerprint density at radius 2 is 1.83 bits per heavy atom. The van der Waals surface area contributed by atoms with Gasteiger partial charge in [-0.25, -0.2) is 9.18 Å². The second kappa shape index (κ2) is 10.1. The van der Waals surface area contributed by atoms with Gasteiger partial charge in [-0.05, 0) is 61.9 Å². The van der Waals surface area contributed by atoms with Crippen LogP contribution in [-0.4, -0.2) is 52.2 Å². The minimum Gasteiger partial charge on any atom is -0.339 e. The van der Waals surface area contributed by atoms with Crippen molar-refractivity contribution in [1.29, 1.82) is 5.26 Å². The molecule has 186 valence electrons. The molecule has 2 aromatic carbocycles. The summed E-state index contributed by atoms with van der Waals surface area (Å²) in [4.78, 5) is 21.9. The van der Waals surface area contributed by atoms with E-state index in [1.807, 2.05) is 9.80 Å². The summed E-state index contributed by atoms with van der Waals surface area (Å²) in [6.45, 7) is 6.47. The topological polar surface area (TPSA) is 86.3 Å². The molecule has 36 heavy (non-hydrogen) atoms. The van der Waals surface area contributed by atoms with E-state index in [1.54, 1.807) is 12.1 Å². The number of benzene rings is 2. The maximum Gasteiger partial charge on any atom is 0.320 e. The van der Waals surface area contributed by atoms with Crippen LogP contribution in [0.15, 0.2) is 47.0 Å². The molecule has 2 saturated heterocycles. The number of carbonyl (C=O) groups is 1. The number of hydrogen-bond acceptors (Lipinski definition) is 5. The first kappa shape index (κ1) is 24.0. The molecule has 7 nitrogen and oxygen atoms in total. The average molecular weight is 488 g/mol. The molecule has 2 atom stereocenters. The number of nitrogens with zero attached hydrogens (tertiary/aromatic N) is 5. The van der Waals surface area contributed by atoms with Crippen LogP contribution in [0.2, 0.25) is 0 Å². The van der Waals surface area contributed by atoms with Gasteiger partial charge in [0, 0.05) is 43.6 Å². The second-order valence-electron chi connectivity index (χ2n) is 10.0. The monoisotopic (exact) mass is 487 g/mol. The molecule has 5 rings (SSSR count). The molecular weight excluding hydrogens is 457 g/mol. The Hall–Kier alpha value is -3.73. The number of piperidine rings is 2. The first-order chi connectivity index (χ1) is 17.4. The molecule has 2 fully saturated rings. The van der Waals surface area contributed by atoms with E-state index in [9.17, 15) is 14.4 Å². The number of aromatic nitrogens is 2. The molecule has 3 heterocycles. The molecule has 0 N–H and O–H groups in total. The van der Waals surface area contributed by atoms with Crippen molar-refractivity contribution in [3.8, 4) is 17.5 Å². The zero-order valence-corrected chi connectivity index (χ0v) is 20.7. The van der Waals surface area contributed by atoms with Gasteiger partial charge in [0.15, 0.2) is 0 Å². The summed E-state index contributed by atoms with van der Waals surface area (Å²) in [5, 5.41) is 13.3. The molecule has 0 bridgehead atoms. The lowest BCUT2D eigenvalue weighted by Crippen LogP contribution is -2.51. The van der Waals surface area contributed by atoms with Crippen molar-refractivity contribution < 1.29 is 13.7 Å². The minimum atomic E-state index is -0.358. The van der Waals surface area contributed by atoms with Crippen LogP contribution >= 0.6 is 0 Å². The van der Waals surface area contributed by atoms with Crippen LogP contribution in [0.4, 0.5) is 9.18 Å². The summed E-state index contributed by atoms with van der Waals surface area (Å²) >= 11 is 0. The van der Waals surface area contributed by atoms with Crippen LogP contribution in [0.3, 0.4) is 0 Å². The van der Waals surface area contributed by atoms with E-state index >= 15 is 0 Å². The van der Waals surface area contributed by atoms with Crippen LogP contribution < -0.4 is 0 Å². The first-order valence-electron chi connectivity index (χ1n) is 12.5. The third-order valence-corrected chi connectivity index (χ3v) is 7.55. The van der Waals surface area contributed by atoms with E-state index in [4.69, 9.17) is 4.52 Å². The number of carbonyl (C=O) groups excluding carboxylic acids is 1. The fourth-order valence-electron chi connectivity index (χ4n) is 5.24. The Morgan fingerprint density at radius 3 is 2.56 bits per heavy atom. The normalized spacial score (nSPS) is 20.8. The maximum absolute atomic E-state index is 13.7. The van der Waals surface area contributed by atoms with Crippen LogP contribution in [-0.2, 0) is 0 Å². The van der Waals surface area contributed by atoms with Gasteiger partial charge in [0.1, 0.15) is 5.82 Å². The van der Waals surface area contributed by atoms with Crippen LogP contribution in [0.1, 0.15) is 53.7 Å². The Balaban J connectivity index is 1.41. The maximum atomic E-state index is 13.7. The standard InChI is InChI=1S/C28H30FN5O2/c1-18-6-7-21(12-19(18)2)23-13-24(27-31-26(32-36-27)22-4-3-5-25(29)14-22)17-34(16-23)28(35)33-10-8-20(15-30)9-11-33/h3-7,12,14,20,23-24H,8-11,13,16-17H2,1-2H3. The third-order valence-electron chi connectivity index (χ3n) is 7.55. The number of aryl methyl sites for hydroxylation is 2. The molecule has 8 heteroatoms. The number of nitriles is 1. The van der Waals surface area contributed by atoms with Crippen molar-refractivity contribution in [1.82, 2.24) is 19.9 Å². The Morgan fingerprint density at radius 1 is 1.06 bits per heavy atom. The van der Waals surface area contributed by atoms with E-state index in [0.29, 0.717) is 56.3 Å². The van der Waals surface area contributed by atoms with Gasteiger partial charge in [-0.1, -0.05) is 35.5 Å². The van der Waals surface area contributed by atoms with Gasteiger partial charge in [0.25, 0.3) is 0 Å². The minimum absolute atomic E-state index is 0.00482. The van der Waals surface area contributed by atoms with Crippen LogP contribution in [0, 0.1) is 36.9 Å². The van der Waals surface area contributed by atoms with E-state index in [0.717, 1.165) is 6.42 Å². The van der Waals surface area contributed by atoms with Gasteiger partial charge in [-0.15, -0.1) is 0 Å². The number of hydrogen-bond donors (Lipinski definition) is 0. The smallest absolute Gasteiger partial charge is 0.320 e. The van der Waals surface area contributed by atoms with Crippen molar-refractivity contribution in [2.24, 2.45) is 5.92 Å². The Kier molecular flexibility index (Phi) is 6.73. The van der Waals surface area contributed by atoms with Gasteiger partial charge in [0.05, 0.1) is 12.0 Å². The van der Waals surface area contributed by atoms with Gasteiger partial charge >= 0.3 is 6.03 Å². The van der Waals surface area contributed by atoms with Crippen LogP contribution in [0.25, 0.3) is 11.4 Å². The van der Waals surface area contributed by atoms with Crippen molar-refractivity contribution in [2.45, 2.75) is 44.9 Å². The number of amides is 2. The number of halogens is 1. The van der Waals surface area contributed by atoms with Crippen molar-refractivity contribution in [3.05, 3.63) is 70.9 Å². The summed E-state index contributed by atoms with van der Waals surface area (Å²) in [6, 6.07) is 14.9. The largest absolute Gasteiger partial charge is 0.339 e. The van der Waals surface area contributed by atoms with Crippen molar-refractivity contribution >= 4 is 6.03 Å². The molecule has 0 aliphatic carbocycles. The molecule has 2 aliphatic heterocycles. The fourth-order valence-corrected chi connectivity index (χ4v) is 5.24. The molecule has 2 unspecified atom stereocenters. The predicted octanol–water partition coefficient (Wildman–Crippen LogP) is 5.42. The number of urea groups is 1. The summed E-state index contributed by atoms with van der Waals surface area (Å²) in [5.74, 6) is 0.446. The highest BCUT2D eigenvalue weighted by molar-refractivity contribution is 5.75. The van der Waals surface area contributed by atoms with Crippen molar-refractivity contribution in [2.75, 3.05) is 26.2 Å². The molecular formula is C28H30FN5O2. The molecule has 1 aromatic heterocycles. The predicted molar refractivity (Wildman–Crippen MR) is 133 cm³/mol. The SMILES string of the molecule is Cc1ccc(C2CC(c3nc(-c4cccc(F)c4)no3)CN(C(=O)N3CCC(C#N)CC3)C2)cc1C. The lowest BCUT2D eigenvalue weighted by molar-refractivity contribution is 0.116. The molecule has 0 radical (unpaired) electrons. The lowest BCUT2D eigenvalue weighted by Gasteiger charge is -2.40. The first-order valence-corrected chi connectivity index (χ1v) is 12.5. The Labute approximate surface area is 210 Å². The highest BCUT2D eigenvalue weighted by Gasteiger charge is 2.37. The van der Waals surface area contributed by atoms with Crippen LogP contribution in [0.5, 0.6) is 0 Å². The zero-order chi connectivity index (χ0) is 25.2. The van der Waals surface area contributed by atoms with E-state index in [-0.39, 0.29) is 29.6 Å². The third kappa shape index (κ3) is 4.97. The number of rotatable bonds is 3. The lowest BCUT2D eigenvalue weighted by atomic mass is 9.83. The summed E-state index contributed by atoms with van der Waals surface area (Å²) in [7, 11) is 0.